The molecule has 0 bridgehead atoms. The Balaban J connectivity index is 0.000000202. The van der Waals surface area contributed by atoms with Gasteiger partial charge < -0.3 is 12.4 Å². The largest absolute Gasteiger partial charge is 1.00 e. The van der Waals surface area contributed by atoms with Crippen LogP contribution in [-0.2, 0) is 20.4 Å². The minimum absolute atomic E-state index is 0. The minimum atomic E-state index is -1.78. The van der Waals surface area contributed by atoms with Crippen LogP contribution in [0.1, 0.15) is 12.5 Å². The number of rotatable bonds is 6. The van der Waals surface area contributed by atoms with Crippen LogP contribution < -0.4 is 44.2 Å². The monoisotopic (exact) mass is 948 g/mol. The van der Waals surface area contributed by atoms with E-state index in [0.29, 0.717) is 0 Å². The predicted molar refractivity (Wildman–Crippen MR) is 248 cm³/mol. The van der Waals surface area contributed by atoms with Gasteiger partial charge in [-0.1, -0.05) is 219 Å². The molecule has 1 aliphatic rings. The second-order valence-electron chi connectivity index (χ2n) is 13.8. The quantitative estimate of drug-likeness (QED) is 0.109. The molecule has 0 heterocycles. The van der Waals surface area contributed by atoms with Crippen LogP contribution in [0.2, 0.25) is 0 Å². The van der Waals surface area contributed by atoms with E-state index in [4.69, 9.17) is 0 Å². The normalized spacial score (nSPS) is 14.9. The van der Waals surface area contributed by atoms with Crippen molar-refractivity contribution in [2.45, 2.75) is 6.92 Å². The van der Waals surface area contributed by atoms with Crippen molar-refractivity contribution in [2.75, 3.05) is 0 Å². The van der Waals surface area contributed by atoms with E-state index < -0.39 is 38.5 Å². The van der Waals surface area contributed by atoms with E-state index in [0.717, 1.165) is 5.56 Å². The summed E-state index contributed by atoms with van der Waals surface area (Å²) in [5.41, 5.74) is -2.73. The van der Waals surface area contributed by atoms with Crippen molar-refractivity contribution in [3.63, 3.8) is 0 Å². The standard InChI is InChI=1S/C18H11N4.2C18H15P.ClH.Pd/c1-14-9-16(8-7-15-5-3-2-4-6-15)18(12-21,13-22)17(14,10-19)11-20;2*1-4-10-16(11-5-1)19(17-12-6-2-7-13-17)18-14-8-3-9-15-18;;/h2-6,9,14,16H,1H3;2*1-15H;1H;/p-1. The first-order valence-electron chi connectivity index (χ1n) is 19.5. The number of hydrogen-bond donors (Lipinski definition) is 0. The van der Waals surface area contributed by atoms with Gasteiger partial charge in [0.2, 0.25) is 0 Å². The molecule has 7 aromatic carbocycles. The van der Waals surface area contributed by atoms with Crippen molar-refractivity contribution in [3.8, 4) is 36.1 Å². The van der Waals surface area contributed by atoms with Gasteiger partial charge in [-0.25, -0.2) is 0 Å². The van der Waals surface area contributed by atoms with Crippen molar-refractivity contribution in [3.05, 3.63) is 224 Å². The Bertz CT molecular complexity index is 2320. The summed E-state index contributed by atoms with van der Waals surface area (Å²) in [4.78, 5) is 0. The number of nitriles is 4. The van der Waals surface area contributed by atoms with Crippen molar-refractivity contribution < 1.29 is 32.8 Å². The Hall–Kier alpha value is -6.13. The van der Waals surface area contributed by atoms with Crippen LogP contribution in [0.3, 0.4) is 0 Å². The van der Waals surface area contributed by atoms with Gasteiger partial charge in [0.15, 0.2) is 10.8 Å². The zero-order chi connectivity index (χ0) is 42.0. The summed E-state index contributed by atoms with van der Waals surface area (Å²) < 4.78 is 0. The van der Waals surface area contributed by atoms with Crippen molar-refractivity contribution in [2.24, 2.45) is 22.7 Å². The van der Waals surface area contributed by atoms with Gasteiger partial charge in [-0.05, 0) is 72.1 Å². The van der Waals surface area contributed by atoms with Crippen LogP contribution in [0.15, 0.2) is 212 Å². The van der Waals surface area contributed by atoms with Crippen LogP contribution in [-0.4, -0.2) is 0 Å². The fourth-order valence-corrected chi connectivity index (χ4v) is 11.7. The second kappa shape index (κ2) is 24.3. The fraction of sp³-hybridized carbons (Fsp3) is 0.0926. The summed E-state index contributed by atoms with van der Waals surface area (Å²) in [5.74, 6) is 4.54. The van der Waals surface area contributed by atoms with Crippen LogP contribution >= 0.6 is 15.8 Å². The molecule has 0 amide bonds. The van der Waals surface area contributed by atoms with Gasteiger partial charge in [0.1, 0.15) is 0 Å². The molecule has 1 saturated carbocycles. The minimum Gasteiger partial charge on any atom is -1.00 e. The number of nitrogens with zero attached hydrogens (tertiary/aromatic N) is 4. The maximum Gasteiger partial charge on any atom is 0.189 e. The third-order valence-corrected chi connectivity index (χ3v) is 15.1. The van der Waals surface area contributed by atoms with Crippen LogP contribution in [0.25, 0.3) is 0 Å². The molecule has 305 valence electrons. The van der Waals surface area contributed by atoms with Gasteiger partial charge in [-0.2, -0.15) is 21.0 Å². The molecule has 8 rings (SSSR count). The Morgan fingerprint density at radius 3 is 0.871 bits per heavy atom. The maximum absolute atomic E-state index is 9.54. The summed E-state index contributed by atoms with van der Waals surface area (Å²) in [7, 11) is -0.892. The molecule has 1 fully saturated rings. The molecule has 2 atom stereocenters. The SMILES string of the molecule is CC1[CH]C(C#Cc2ccccc2)C(C#N)(C#N)C1(C#N)C#N.[Cl-].[Pd].c1ccc(P(c2ccccc2)c2ccccc2)cc1.c1ccc(P(c2ccccc2)c2ccccc2)cc1. The average Bonchev–Trinajstić information content (AvgIpc) is 3.57. The Labute approximate surface area is 389 Å². The second-order valence-corrected chi connectivity index (χ2v) is 18.3. The van der Waals surface area contributed by atoms with Crippen molar-refractivity contribution in [1.82, 2.24) is 0 Å². The van der Waals surface area contributed by atoms with E-state index in [-0.39, 0.29) is 32.8 Å². The average molecular weight is 950 g/mol. The molecule has 4 nitrogen and oxygen atoms in total. The number of hydrogen-bond acceptors (Lipinski definition) is 4. The van der Waals surface area contributed by atoms with E-state index in [9.17, 15) is 21.0 Å². The topological polar surface area (TPSA) is 95.2 Å². The van der Waals surface area contributed by atoms with Crippen LogP contribution in [0.4, 0.5) is 0 Å². The molecule has 2 unspecified atom stereocenters. The molecular weight excluding hydrogens is 908 g/mol. The van der Waals surface area contributed by atoms with Gasteiger partial charge in [-0.15, -0.1) is 0 Å². The van der Waals surface area contributed by atoms with Crippen LogP contribution in [0.5, 0.6) is 0 Å². The zero-order valence-electron chi connectivity index (χ0n) is 33.8. The third-order valence-electron chi connectivity index (χ3n) is 10.2. The molecule has 0 saturated heterocycles. The number of benzene rings is 7. The van der Waals surface area contributed by atoms with Gasteiger partial charge in [0.05, 0.1) is 30.2 Å². The molecule has 1 radical (unpaired) electrons. The van der Waals surface area contributed by atoms with Crippen molar-refractivity contribution >= 4 is 47.7 Å². The van der Waals surface area contributed by atoms with E-state index in [1.807, 2.05) is 54.6 Å². The molecule has 0 spiro atoms. The zero-order valence-corrected chi connectivity index (χ0v) is 37.9. The van der Waals surface area contributed by atoms with Gasteiger partial charge in [0.25, 0.3) is 0 Å². The molecule has 8 heteroatoms. The maximum atomic E-state index is 9.54. The van der Waals surface area contributed by atoms with Gasteiger partial charge in [-0.3, -0.25) is 0 Å². The van der Waals surface area contributed by atoms with Crippen LogP contribution in [0, 0.1) is 86.3 Å². The summed E-state index contributed by atoms with van der Waals surface area (Å²) in [6, 6.07) is 81.4. The molecule has 0 N–H and O–H groups in total. The first kappa shape index (κ1) is 48.5. The molecule has 0 aliphatic heterocycles. The smallest absolute Gasteiger partial charge is 0.189 e. The number of halogens is 1. The van der Waals surface area contributed by atoms with Gasteiger partial charge in [0, 0.05) is 26.0 Å². The van der Waals surface area contributed by atoms with E-state index in [1.54, 1.807) is 13.3 Å². The first-order valence-corrected chi connectivity index (χ1v) is 22.2. The van der Waals surface area contributed by atoms with E-state index >= 15 is 0 Å². The third kappa shape index (κ3) is 11.2. The molecular formula is C54H41ClN4P2Pd-. The first-order chi connectivity index (χ1) is 29.5. The summed E-state index contributed by atoms with van der Waals surface area (Å²) in [5, 5.41) is 46.4. The Morgan fingerprint density at radius 2 is 0.629 bits per heavy atom. The van der Waals surface area contributed by atoms with Gasteiger partial charge >= 0.3 is 0 Å². The molecule has 1 aliphatic carbocycles. The Kier molecular flexibility index (Phi) is 19.1. The summed E-state index contributed by atoms with van der Waals surface area (Å²) in [6.45, 7) is 1.67. The fourth-order valence-electron chi connectivity index (χ4n) is 7.12. The van der Waals surface area contributed by atoms with E-state index in [1.165, 1.54) is 31.8 Å². The van der Waals surface area contributed by atoms with E-state index in [2.05, 4.69) is 194 Å². The molecule has 0 aromatic heterocycles. The summed E-state index contributed by atoms with van der Waals surface area (Å²) in [6.07, 6.45) is 1.66. The molecule has 62 heavy (non-hydrogen) atoms. The van der Waals surface area contributed by atoms with Crippen molar-refractivity contribution in [1.29, 1.82) is 21.0 Å². The molecule has 7 aromatic rings. The predicted octanol–water partition coefficient (Wildman–Crippen LogP) is 6.47. The Morgan fingerprint density at radius 1 is 0.387 bits per heavy atom. The summed E-state index contributed by atoms with van der Waals surface area (Å²) >= 11 is 0.